The third-order valence-electron chi connectivity index (χ3n) is 18.2. The molecule has 89 heavy (non-hydrogen) atoms. The molecule has 0 aliphatic heterocycles. The van der Waals surface area contributed by atoms with Crippen LogP contribution in [0.1, 0.15) is 0 Å². The van der Waals surface area contributed by atoms with Crippen LogP contribution < -0.4 is 0 Å². The van der Waals surface area contributed by atoms with Crippen molar-refractivity contribution in [2.24, 2.45) is 0 Å². The van der Waals surface area contributed by atoms with E-state index in [-0.39, 0.29) is 0 Å². The minimum absolute atomic E-state index is 0.912. The molecule has 5 heteroatoms. The van der Waals surface area contributed by atoms with Crippen LogP contribution in [0.3, 0.4) is 0 Å². The Bertz CT molecular complexity index is 5810. The van der Waals surface area contributed by atoms with E-state index in [0.29, 0.717) is 0 Å². The van der Waals surface area contributed by atoms with Crippen molar-refractivity contribution < 1.29 is 4.42 Å². The van der Waals surface area contributed by atoms with Crippen molar-refractivity contribution in [3.05, 3.63) is 328 Å². The van der Waals surface area contributed by atoms with Crippen LogP contribution in [0, 0.1) is 0 Å². The number of benzene rings is 14. The Labute approximate surface area is 512 Å². The Morgan fingerprint density at radius 3 is 0.820 bits per heavy atom. The molecule has 0 bridgehead atoms. The maximum absolute atomic E-state index is 6.48. The molecule has 0 radical (unpaired) electrons. The van der Waals surface area contributed by atoms with Crippen LogP contribution in [0.2, 0.25) is 0 Å². The van der Waals surface area contributed by atoms with Crippen molar-refractivity contribution in [3.8, 4) is 56.1 Å². The van der Waals surface area contributed by atoms with Crippen LogP contribution in [0.5, 0.6) is 0 Å². The van der Waals surface area contributed by atoms with Gasteiger partial charge >= 0.3 is 0 Å². The summed E-state index contributed by atoms with van der Waals surface area (Å²) in [6.07, 6.45) is 0. The van der Waals surface area contributed by atoms with Crippen molar-refractivity contribution in [2.75, 3.05) is 0 Å². The lowest BCUT2D eigenvalue weighted by Gasteiger charge is -2.09. The second-order valence-corrected chi connectivity index (χ2v) is 23.2. The maximum Gasteiger partial charge on any atom is 0.143 e. The molecule has 0 N–H and O–H groups in total. The first-order valence-corrected chi connectivity index (χ1v) is 30.5. The van der Waals surface area contributed by atoms with E-state index in [1.165, 1.54) is 127 Å². The zero-order valence-corrected chi connectivity index (χ0v) is 48.4. The van der Waals surface area contributed by atoms with Crippen LogP contribution >= 0.6 is 0 Å². The molecule has 19 aromatic rings. The third kappa shape index (κ3) is 8.10. The summed E-state index contributed by atoms with van der Waals surface area (Å²) in [7, 11) is 0. The van der Waals surface area contributed by atoms with Crippen LogP contribution in [0.25, 0.3) is 165 Å². The first kappa shape index (κ1) is 50.4. The fourth-order valence-electron chi connectivity index (χ4n) is 14.2. The predicted octanol–water partition coefficient (Wildman–Crippen LogP) is 22.7. The Morgan fingerprint density at radius 1 is 0.180 bits per heavy atom. The van der Waals surface area contributed by atoms with Gasteiger partial charge in [0, 0.05) is 82.2 Å². The molecule has 5 nitrogen and oxygen atoms in total. The lowest BCUT2D eigenvalue weighted by molar-refractivity contribution is 0.670. The largest absolute Gasteiger partial charge is 0.455 e. The Kier molecular flexibility index (Phi) is 11.5. The molecule has 0 atom stereocenters. The van der Waals surface area contributed by atoms with E-state index in [4.69, 9.17) is 4.42 Å². The number of furan rings is 1. The van der Waals surface area contributed by atoms with Gasteiger partial charge in [-0.05, 0) is 161 Å². The summed E-state index contributed by atoms with van der Waals surface area (Å²) >= 11 is 0. The quantitative estimate of drug-likeness (QED) is 0.157. The monoisotopic (exact) mass is 1130 g/mol. The number of hydrogen-bond acceptors (Lipinski definition) is 1. The highest BCUT2D eigenvalue weighted by Crippen LogP contribution is 2.43. The minimum atomic E-state index is 0.912. The fourth-order valence-corrected chi connectivity index (χ4v) is 14.2. The number of rotatable bonds is 7. The van der Waals surface area contributed by atoms with E-state index < -0.39 is 0 Å². The summed E-state index contributed by atoms with van der Waals surface area (Å²) in [6.45, 7) is 0. The lowest BCUT2D eigenvalue weighted by atomic mass is 9.98. The predicted molar refractivity (Wildman–Crippen MR) is 374 cm³/mol. The summed E-state index contributed by atoms with van der Waals surface area (Å²) in [4.78, 5) is 0. The molecule has 0 spiro atoms. The topological polar surface area (TPSA) is 32.9 Å². The Balaban J connectivity index is 0.000000139. The maximum atomic E-state index is 6.48. The molecule has 0 saturated carbocycles. The van der Waals surface area contributed by atoms with Gasteiger partial charge in [0.2, 0.25) is 0 Å². The zero-order chi connectivity index (χ0) is 58.5. The van der Waals surface area contributed by atoms with Gasteiger partial charge in [0.15, 0.2) is 0 Å². The van der Waals surface area contributed by atoms with Crippen LogP contribution in [-0.4, -0.2) is 18.3 Å². The van der Waals surface area contributed by atoms with Crippen molar-refractivity contribution in [2.45, 2.75) is 0 Å². The molecule has 0 amide bonds. The molecular weight excluding hydrogens is 1080 g/mol. The van der Waals surface area contributed by atoms with Crippen molar-refractivity contribution >= 4 is 109 Å². The molecule has 5 aromatic heterocycles. The van der Waals surface area contributed by atoms with Gasteiger partial charge in [-0.25, -0.2) is 0 Å². The van der Waals surface area contributed by atoms with Gasteiger partial charge in [-0.15, -0.1) is 0 Å². The van der Waals surface area contributed by atoms with Gasteiger partial charge in [0.25, 0.3) is 0 Å². The van der Waals surface area contributed by atoms with Gasteiger partial charge in [-0.2, -0.15) is 0 Å². The van der Waals surface area contributed by atoms with Crippen molar-refractivity contribution in [3.63, 3.8) is 0 Å². The number of hydrogen-bond donors (Lipinski definition) is 0. The van der Waals surface area contributed by atoms with E-state index in [2.05, 4.69) is 334 Å². The normalized spacial score (nSPS) is 11.8. The van der Waals surface area contributed by atoms with Gasteiger partial charge in [0.1, 0.15) is 11.2 Å². The van der Waals surface area contributed by atoms with Gasteiger partial charge in [-0.3, -0.25) is 0 Å². The van der Waals surface area contributed by atoms with E-state index in [1.807, 2.05) is 12.1 Å². The van der Waals surface area contributed by atoms with E-state index in [1.54, 1.807) is 0 Å². The number of fused-ring (bicyclic) bond motifs is 15. The average Bonchev–Trinajstić information content (AvgIpc) is 1.75. The third-order valence-corrected chi connectivity index (χ3v) is 18.2. The Morgan fingerprint density at radius 2 is 0.449 bits per heavy atom. The molecule has 0 aliphatic carbocycles. The molecule has 0 saturated heterocycles. The van der Waals surface area contributed by atoms with E-state index in [9.17, 15) is 0 Å². The lowest BCUT2D eigenvalue weighted by Crippen LogP contribution is -1.93. The SMILES string of the molecule is c1ccc(-n2c3ccccc3c3cc(-c4ccc5c(c4)c4cc(-c6cccc7c6oc6ccccc67)ccc4n5-c4ccccc4)ccc32)cc1.c1ccc(-n2c3ccccc3c3cc(-c4ccc5c(c4)c4ccccc4n5-c4ccccc4)ccc32)cc1. The average molecular weight is 1140 g/mol. The molecule has 416 valence electrons. The number of para-hydroxylation sites is 9. The smallest absolute Gasteiger partial charge is 0.143 e. The molecular formula is C84H54N4O. The van der Waals surface area contributed by atoms with Gasteiger partial charge < -0.3 is 22.7 Å². The molecule has 0 fully saturated rings. The van der Waals surface area contributed by atoms with Crippen molar-refractivity contribution in [1.82, 2.24) is 18.3 Å². The van der Waals surface area contributed by atoms with Crippen LogP contribution in [-0.2, 0) is 0 Å². The summed E-state index contributed by atoms with van der Waals surface area (Å²) in [5, 5.41) is 12.3. The molecule has 14 aromatic carbocycles. The van der Waals surface area contributed by atoms with Crippen LogP contribution in [0.4, 0.5) is 0 Å². The molecule has 0 unspecified atom stereocenters. The molecule has 5 heterocycles. The highest BCUT2D eigenvalue weighted by molar-refractivity contribution is 6.16. The fraction of sp³-hybridized carbons (Fsp3) is 0. The second-order valence-electron chi connectivity index (χ2n) is 23.2. The van der Waals surface area contributed by atoms with Gasteiger partial charge in [0.05, 0.1) is 44.1 Å². The molecule has 0 aliphatic rings. The van der Waals surface area contributed by atoms with Gasteiger partial charge in [-0.1, -0.05) is 194 Å². The standard InChI is InChI=1S/C48H30N2O.C36H24N2/c1-3-12-34(13-4-1)49-43-20-9-7-16-37(43)40-28-31(22-25-44(40)49)32-23-26-45-41(29-32)42-30-33(24-27-46(42)50(45)35-14-5-2-6-15-35)36-18-11-19-39-38-17-8-10-21-47(38)51-48(36)39;1-3-11-27(12-4-1)37-33-17-9-7-15-29(33)31-23-25(19-21-35(31)37)26-20-22-36-32(24-26)30-16-8-10-18-34(30)38(36)28-13-5-2-6-14-28/h1-30H;1-24H. The minimum Gasteiger partial charge on any atom is -0.455 e. The Hall–Kier alpha value is -11.9. The zero-order valence-electron chi connectivity index (χ0n) is 48.4. The van der Waals surface area contributed by atoms with Crippen LogP contribution in [0.15, 0.2) is 332 Å². The highest BCUT2D eigenvalue weighted by atomic mass is 16.3. The van der Waals surface area contributed by atoms with E-state index >= 15 is 0 Å². The summed E-state index contributed by atoms with van der Waals surface area (Å²) in [6, 6.07) is 118. The summed E-state index contributed by atoms with van der Waals surface area (Å²) in [5.74, 6) is 0. The first-order valence-electron chi connectivity index (χ1n) is 30.5. The van der Waals surface area contributed by atoms with Crippen molar-refractivity contribution in [1.29, 1.82) is 0 Å². The number of aromatic nitrogens is 4. The summed E-state index contributed by atoms with van der Waals surface area (Å²) < 4.78 is 16.0. The number of nitrogens with zero attached hydrogens (tertiary/aromatic N) is 4. The first-order chi connectivity index (χ1) is 44.2. The molecule has 19 rings (SSSR count). The second kappa shape index (κ2) is 20.4. The highest BCUT2D eigenvalue weighted by Gasteiger charge is 2.20. The van der Waals surface area contributed by atoms with E-state index in [0.717, 1.165) is 38.8 Å². The summed E-state index contributed by atoms with van der Waals surface area (Å²) in [5.41, 5.74) is 23.3.